The lowest BCUT2D eigenvalue weighted by molar-refractivity contribution is -0.229. The van der Waals surface area contributed by atoms with Crippen LogP contribution in [0.1, 0.15) is 51.9 Å². The highest BCUT2D eigenvalue weighted by molar-refractivity contribution is 5.82. The Morgan fingerprint density at radius 3 is 2.38 bits per heavy atom. The fraction of sp³-hybridized carbons (Fsp3) is 0.778. The molecule has 0 aliphatic heterocycles. The second-order valence-electron chi connectivity index (χ2n) is 7.86. The van der Waals surface area contributed by atoms with Crippen molar-refractivity contribution >= 4 is 11.9 Å². The Kier molecular flexibility index (Phi) is 4.47. The summed E-state index contributed by atoms with van der Waals surface area (Å²) >= 11 is 0. The molecule has 6 heteroatoms. The molecule has 0 radical (unpaired) electrons. The maximum Gasteiger partial charge on any atom is 0.333 e. The van der Waals surface area contributed by atoms with Crippen LogP contribution < -0.4 is 0 Å². The van der Waals surface area contributed by atoms with Crippen LogP contribution in [0.5, 0.6) is 0 Å². The number of aliphatic hydroxyl groups excluding tert-OH is 1. The van der Waals surface area contributed by atoms with E-state index in [0.29, 0.717) is 31.1 Å². The summed E-state index contributed by atoms with van der Waals surface area (Å²) in [7, 11) is 0. The molecular formula is C18H26O6. The lowest BCUT2D eigenvalue weighted by atomic mass is 9.48. The van der Waals surface area contributed by atoms with E-state index in [0.717, 1.165) is 25.3 Å². The molecular weight excluding hydrogens is 312 g/mol. The van der Waals surface area contributed by atoms with Gasteiger partial charge in [0.25, 0.3) is 6.29 Å². The molecule has 4 rings (SSSR count). The number of carbonyl (C=O) groups excluding carboxylic acids is 2. The van der Waals surface area contributed by atoms with Gasteiger partial charge in [-0.2, -0.15) is 0 Å². The van der Waals surface area contributed by atoms with Gasteiger partial charge in [0, 0.05) is 6.08 Å². The predicted octanol–water partition coefficient (Wildman–Crippen LogP) is 1.69. The van der Waals surface area contributed by atoms with Crippen molar-refractivity contribution in [3.05, 3.63) is 12.7 Å². The number of rotatable bonds is 6. The Morgan fingerprint density at radius 1 is 1.25 bits per heavy atom. The zero-order chi connectivity index (χ0) is 17.5. The van der Waals surface area contributed by atoms with Crippen molar-refractivity contribution in [1.29, 1.82) is 0 Å². The molecule has 4 saturated carbocycles. The van der Waals surface area contributed by atoms with E-state index in [4.69, 9.17) is 9.47 Å². The van der Waals surface area contributed by atoms with E-state index >= 15 is 0 Å². The van der Waals surface area contributed by atoms with Crippen molar-refractivity contribution in [2.24, 2.45) is 17.3 Å². The number of esters is 2. The van der Waals surface area contributed by atoms with Crippen LogP contribution in [0.2, 0.25) is 0 Å². The van der Waals surface area contributed by atoms with Crippen molar-refractivity contribution in [3.63, 3.8) is 0 Å². The number of hydrogen-bond donors (Lipinski definition) is 2. The van der Waals surface area contributed by atoms with Gasteiger partial charge in [-0.15, -0.1) is 0 Å². The molecule has 24 heavy (non-hydrogen) atoms. The molecule has 6 nitrogen and oxygen atoms in total. The van der Waals surface area contributed by atoms with E-state index in [9.17, 15) is 19.8 Å². The van der Waals surface area contributed by atoms with Gasteiger partial charge in [0.1, 0.15) is 6.10 Å². The standard InChI is InChI=1S/C18H26O6/c1-3-13(19)15(23-14(20)4-2)24-16(21)17-6-11-5-12(7-17)9-18(22,8-11)10-17/h4,11-13,15,19,22H,2-3,5-10H2,1H3. The van der Waals surface area contributed by atoms with Gasteiger partial charge in [-0.1, -0.05) is 13.5 Å². The van der Waals surface area contributed by atoms with E-state index in [1.54, 1.807) is 6.92 Å². The Labute approximate surface area is 141 Å². The van der Waals surface area contributed by atoms with Gasteiger partial charge in [0.2, 0.25) is 0 Å². The third-order valence-electron chi connectivity index (χ3n) is 5.82. The molecule has 0 spiro atoms. The Bertz CT molecular complexity index is 528. The van der Waals surface area contributed by atoms with E-state index in [1.807, 2.05) is 0 Å². The molecule has 4 atom stereocenters. The summed E-state index contributed by atoms with van der Waals surface area (Å²) in [5.74, 6) is -0.531. The van der Waals surface area contributed by atoms with E-state index in [2.05, 4.69) is 6.58 Å². The smallest absolute Gasteiger partial charge is 0.333 e. The Hall–Kier alpha value is -1.40. The predicted molar refractivity (Wildman–Crippen MR) is 84.5 cm³/mol. The van der Waals surface area contributed by atoms with Gasteiger partial charge in [0.15, 0.2) is 0 Å². The Morgan fingerprint density at radius 2 is 1.88 bits per heavy atom. The summed E-state index contributed by atoms with van der Waals surface area (Å²) in [4.78, 5) is 24.3. The normalized spacial score (nSPS) is 39.1. The van der Waals surface area contributed by atoms with Gasteiger partial charge >= 0.3 is 11.9 Å². The van der Waals surface area contributed by atoms with E-state index < -0.39 is 35.3 Å². The maximum atomic E-state index is 12.9. The zero-order valence-corrected chi connectivity index (χ0v) is 14.1. The highest BCUT2D eigenvalue weighted by atomic mass is 16.7. The summed E-state index contributed by atoms with van der Waals surface area (Å²) < 4.78 is 10.4. The van der Waals surface area contributed by atoms with Crippen LogP contribution in [0.3, 0.4) is 0 Å². The van der Waals surface area contributed by atoms with E-state index in [-0.39, 0.29) is 6.42 Å². The minimum atomic E-state index is -1.34. The first-order valence-corrected chi connectivity index (χ1v) is 8.74. The molecule has 4 aliphatic carbocycles. The summed E-state index contributed by atoms with van der Waals surface area (Å²) in [6.45, 7) is 5.02. The average molecular weight is 338 g/mol. The van der Waals surface area contributed by atoms with Crippen LogP contribution in [-0.2, 0) is 19.1 Å². The lowest BCUT2D eigenvalue weighted by Gasteiger charge is -2.58. The van der Waals surface area contributed by atoms with Crippen molar-refractivity contribution in [2.75, 3.05) is 0 Å². The largest absolute Gasteiger partial charge is 0.422 e. The molecule has 0 aromatic heterocycles. The average Bonchev–Trinajstić information content (AvgIpc) is 2.50. The quantitative estimate of drug-likeness (QED) is 0.435. The molecule has 0 saturated heterocycles. The summed E-state index contributed by atoms with van der Waals surface area (Å²) in [5.41, 5.74) is -1.50. The monoisotopic (exact) mass is 338 g/mol. The number of carbonyl (C=O) groups is 2. The fourth-order valence-electron chi connectivity index (χ4n) is 5.22. The van der Waals surface area contributed by atoms with Crippen molar-refractivity contribution in [3.8, 4) is 0 Å². The van der Waals surface area contributed by atoms with Crippen LogP contribution in [0, 0.1) is 17.3 Å². The first-order valence-electron chi connectivity index (χ1n) is 8.74. The molecule has 4 aliphatic rings. The molecule has 134 valence electrons. The van der Waals surface area contributed by atoms with Crippen LogP contribution >= 0.6 is 0 Å². The highest BCUT2D eigenvalue weighted by Crippen LogP contribution is 2.62. The number of hydrogen-bond acceptors (Lipinski definition) is 6. The molecule has 0 aromatic carbocycles. The molecule has 0 amide bonds. The molecule has 2 N–H and O–H groups in total. The van der Waals surface area contributed by atoms with Gasteiger partial charge in [-0.25, -0.2) is 4.79 Å². The molecule has 4 unspecified atom stereocenters. The van der Waals surface area contributed by atoms with Crippen LogP contribution in [0.15, 0.2) is 12.7 Å². The lowest BCUT2D eigenvalue weighted by Crippen LogP contribution is -2.59. The first kappa shape index (κ1) is 17.4. The van der Waals surface area contributed by atoms with Gasteiger partial charge in [0.05, 0.1) is 11.0 Å². The van der Waals surface area contributed by atoms with Crippen LogP contribution in [0.25, 0.3) is 0 Å². The Balaban J connectivity index is 1.75. The van der Waals surface area contributed by atoms with Gasteiger partial charge < -0.3 is 19.7 Å². The second-order valence-corrected chi connectivity index (χ2v) is 7.86. The topological polar surface area (TPSA) is 93.1 Å². The third-order valence-corrected chi connectivity index (χ3v) is 5.82. The molecule has 0 heterocycles. The maximum absolute atomic E-state index is 12.9. The van der Waals surface area contributed by atoms with Gasteiger partial charge in [-0.05, 0) is 56.8 Å². The first-order chi connectivity index (χ1) is 11.3. The zero-order valence-electron chi connectivity index (χ0n) is 14.1. The molecule has 4 fully saturated rings. The van der Waals surface area contributed by atoms with Crippen molar-refractivity contribution < 1.29 is 29.3 Å². The molecule has 0 aromatic rings. The second kappa shape index (κ2) is 6.15. The van der Waals surface area contributed by atoms with Gasteiger partial charge in [-0.3, -0.25) is 4.79 Å². The minimum absolute atomic E-state index is 0.282. The number of aliphatic hydroxyl groups is 2. The minimum Gasteiger partial charge on any atom is -0.422 e. The summed E-state index contributed by atoms with van der Waals surface area (Å²) in [5, 5.41) is 20.7. The van der Waals surface area contributed by atoms with E-state index in [1.165, 1.54) is 0 Å². The highest BCUT2D eigenvalue weighted by Gasteiger charge is 2.61. The van der Waals surface area contributed by atoms with Crippen molar-refractivity contribution in [2.45, 2.75) is 69.9 Å². The summed E-state index contributed by atoms with van der Waals surface area (Å²) in [6, 6.07) is 0. The van der Waals surface area contributed by atoms with Crippen LogP contribution in [-0.4, -0.2) is 40.1 Å². The van der Waals surface area contributed by atoms with Crippen LogP contribution in [0.4, 0.5) is 0 Å². The number of ether oxygens (including phenoxy) is 2. The molecule has 4 bridgehead atoms. The fourth-order valence-corrected chi connectivity index (χ4v) is 5.22. The third kappa shape index (κ3) is 3.09. The van der Waals surface area contributed by atoms with Crippen molar-refractivity contribution in [1.82, 2.24) is 0 Å². The SMILES string of the molecule is C=CC(=O)OC(OC(=O)C12CC3CC(CC(O)(C3)C1)C2)C(O)CC. The summed E-state index contributed by atoms with van der Waals surface area (Å²) in [6.07, 6.45) is 3.20.